The molecule has 4 rings (SSSR count). The van der Waals surface area contributed by atoms with Gasteiger partial charge in [0.05, 0.1) is 12.8 Å². The molecule has 2 heterocycles. The Balaban J connectivity index is 1.22. The number of anilines is 1. The van der Waals surface area contributed by atoms with Crippen molar-refractivity contribution in [2.24, 2.45) is 7.05 Å². The highest BCUT2D eigenvalue weighted by Crippen LogP contribution is 2.27. The molecule has 0 bridgehead atoms. The molecule has 0 spiro atoms. The Kier molecular flexibility index (Phi) is 6.31. The lowest BCUT2D eigenvalue weighted by atomic mass is 10.0. The number of nitrogens with one attached hydrogen (secondary N) is 2. The van der Waals surface area contributed by atoms with E-state index in [0.29, 0.717) is 32.4 Å². The molecule has 0 radical (unpaired) electrons. The molecule has 1 aromatic heterocycles. The predicted molar refractivity (Wildman–Crippen MR) is 119 cm³/mol. The minimum atomic E-state index is -0.00209. The average Bonchev–Trinajstić information content (AvgIpc) is 3.21. The minimum absolute atomic E-state index is 0.00209. The molecule has 0 atom stereocenters. The molecule has 160 valence electrons. The SMILES string of the molecule is Cn1cc(-c2ccccc2CNC(=O)CCCOc2ccc3c(c2)CCC(=O)N3)cn1. The first-order valence-corrected chi connectivity index (χ1v) is 10.5. The van der Waals surface area contributed by atoms with Gasteiger partial charge in [0, 0.05) is 43.9 Å². The number of fused-ring (bicyclic) bond motifs is 1. The summed E-state index contributed by atoms with van der Waals surface area (Å²) in [5, 5.41) is 10.1. The van der Waals surface area contributed by atoms with E-state index in [1.807, 2.05) is 61.9 Å². The second-order valence-corrected chi connectivity index (χ2v) is 7.66. The number of carbonyl (C=O) groups is 2. The lowest BCUT2D eigenvalue weighted by molar-refractivity contribution is -0.121. The molecule has 0 unspecified atom stereocenters. The van der Waals surface area contributed by atoms with Crippen LogP contribution in [0.25, 0.3) is 11.1 Å². The van der Waals surface area contributed by atoms with Gasteiger partial charge in [-0.3, -0.25) is 14.3 Å². The van der Waals surface area contributed by atoms with E-state index in [1.54, 1.807) is 4.68 Å². The van der Waals surface area contributed by atoms with Gasteiger partial charge in [0.15, 0.2) is 0 Å². The third-order valence-electron chi connectivity index (χ3n) is 5.30. The molecule has 2 aromatic carbocycles. The summed E-state index contributed by atoms with van der Waals surface area (Å²) < 4.78 is 7.56. The van der Waals surface area contributed by atoms with Gasteiger partial charge in [0.25, 0.3) is 0 Å². The highest BCUT2D eigenvalue weighted by Gasteiger charge is 2.15. The van der Waals surface area contributed by atoms with E-state index in [0.717, 1.165) is 40.1 Å². The normalized spacial score (nSPS) is 12.7. The fourth-order valence-electron chi connectivity index (χ4n) is 3.67. The van der Waals surface area contributed by atoms with Gasteiger partial charge < -0.3 is 15.4 Å². The van der Waals surface area contributed by atoms with Crippen LogP contribution in [0.1, 0.15) is 30.4 Å². The minimum Gasteiger partial charge on any atom is -0.494 e. The van der Waals surface area contributed by atoms with Gasteiger partial charge in [-0.2, -0.15) is 5.10 Å². The van der Waals surface area contributed by atoms with Crippen molar-refractivity contribution < 1.29 is 14.3 Å². The zero-order valence-corrected chi connectivity index (χ0v) is 17.6. The van der Waals surface area contributed by atoms with Crippen LogP contribution in [0.15, 0.2) is 54.9 Å². The summed E-state index contributed by atoms with van der Waals surface area (Å²) in [5.74, 6) is 0.814. The summed E-state index contributed by atoms with van der Waals surface area (Å²) in [6.07, 6.45) is 6.04. The summed E-state index contributed by atoms with van der Waals surface area (Å²) in [5.41, 5.74) is 5.10. The van der Waals surface area contributed by atoms with Gasteiger partial charge in [-0.15, -0.1) is 0 Å². The van der Waals surface area contributed by atoms with Crippen LogP contribution in [-0.2, 0) is 29.6 Å². The van der Waals surface area contributed by atoms with E-state index in [-0.39, 0.29) is 11.8 Å². The Labute approximate surface area is 181 Å². The van der Waals surface area contributed by atoms with E-state index < -0.39 is 0 Å². The molecule has 0 saturated carbocycles. The van der Waals surface area contributed by atoms with Crippen molar-refractivity contribution in [2.45, 2.75) is 32.2 Å². The van der Waals surface area contributed by atoms with Crippen LogP contribution < -0.4 is 15.4 Å². The molecule has 0 aliphatic carbocycles. The van der Waals surface area contributed by atoms with Gasteiger partial charge in [0.2, 0.25) is 11.8 Å². The Morgan fingerprint density at radius 1 is 1.23 bits per heavy atom. The number of aromatic nitrogens is 2. The van der Waals surface area contributed by atoms with Crippen molar-refractivity contribution >= 4 is 17.5 Å². The van der Waals surface area contributed by atoms with Gasteiger partial charge in [-0.25, -0.2) is 0 Å². The Morgan fingerprint density at radius 2 is 2.10 bits per heavy atom. The van der Waals surface area contributed by atoms with Crippen molar-refractivity contribution in [2.75, 3.05) is 11.9 Å². The first-order valence-electron chi connectivity index (χ1n) is 10.5. The fourth-order valence-corrected chi connectivity index (χ4v) is 3.67. The number of ether oxygens (including phenoxy) is 1. The lowest BCUT2D eigenvalue weighted by Gasteiger charge is -2.17. The molecule has 2 amide bonds. The van der Waals surface area contributed by atoms with Crippen LogP contribution in [0.3, 0.4) is 0 Å². The summed E-state index contributed by atoms with van der Waals surface area (Å²) >= 11 is 0. The van der Waals surface area contributed by atoms with E-state index in [9.17, 15) is 9.59 Å². The molecule has 31 heavy (non-hydrogen) atoms. The van der Waals surface area contributed by atoms with Crippen LogP contribution in [-0.4, -0.2) is 28.2 Å². The number of nitrogens with zero attached hydrogens (tertiary/aromatic N) is 2. The maximum absolute atomic E-state index is 12.3. The summed E-state index contributed by atoms with van der Waals surface area (Å²) in [4.78, 5) is 23.7. The summed E-state index contributed by atoms with van der Waals surface area (Å²) in [6.45, 7) is 0.937. The molecule has 7 nitrogen and oxygen atoms in total. The Hall–Kier alpha value is -3.61. The third-order valence-corrected chi connectivity index (χ3v) is 5.30. The van der Waals surface area contributed by atoms with Crippen LogP contribution in [0.4, 0.5) is 5.69 Å². The topological polar surface area (TPSA) is 85.2 Å². The maximum Gasteiger partial charge on any atom is 0.224 e. The largest absolute Gasteiger partial charge is 0.494 e. The molecule has 7 heteroatoms. The molecular formula is C24H26N4O3. The summed E-state index contributed by atoms with van der Waals surface area (Å²) in [6, 6.07) is 13.7. The first-order chi connectivity index (χ1) is 15.1. The third kappa shape index (κ3) is 5.31. The number of amides is 2. The van der Waals surface area contributed by atoms with Crippen LogP contribution >= 0.6 is 0 Å². The molecule has 0 saturated heterocycles. The molecule has 1 aliphatic heterocycles. The van der Waals surface area contributed by atoms with Crippen LogP contribution in [0.5, 0.6) is 5.75 Å². The Bertz CT molecular complexity index is 1090. The van der Waals surface area contributed by atoms with Crippen LogP contribution in [0, 0.1) is 0 Å². The maximum atomic E-state index is 12.3. The fraction of sp³-hybridized carbons (Fsp3) is 0.292. The van der Waals surface area contributed by atoms with Crippen molar-refractivity contribution in [3.05, 3.63) is 66.0 Å². The predicted octanol–water partition coefficient (Wildman–Crippen LogP) is 3.45. The molecule has 2 N–H and O–H groups in total. The first kappa shape index (κ1) is 20.7. The zero-order valence-electron chi connectivity index (χ0n) is 17.6. The van der Waals surface area contributed by atoms with E-state index in [4.69, 9.17) is 4.74 Å². The van der Waals surface area contributed by atoms with Crippen LogP contribution in [0.2, 0.25) is 0 Å². The number of rotatable bonds is 8. The smallest absolute Gasteiger partial charge is 0.224 e. The average molecular weight is 418 g/mol. The standard InChI is InChI=1S/C24H26N4O3/c1-28-16-19(15-26-28)21-6-3-2-5-18(21)14-25-23(29)7-4-12-31-20-9-10-22-17(13-20)8-11-24(30)27-22/h2-3,5-6,9-10,13,15-16H,4,7-8,11-12,14H2,1H3,(H,25,29)(H,27,30). The molecule has 3 aromatic rings. The number of hydrogen-bond donors (Lipinski definition) is 2. The van der Waals surface area contributed by atoms with E-state index in [2.05, 4.69) is 15.7 Å². The second kappa shape index (κ2) is 9.47. The molecular weight excluding hydrogens is 392 g/mol. The second-order valence-electron chi connectivity index (χ2n) is 7.66. The van der Waals surface area contributed by atoms with Crippen molar-refractivity contribution in [1.82, 2.24) is 15.1 Å². The molecule has 1 aliphatic rings. The summed E-state index contributed by atoms with van der Waals surface area (Å²) in [7, 11) is 1.89. The Morgan fingerprint density at radius 3 is 2.94 bits per heavy atom. The van der Waals surface area contributed by atoms with Crippen molar-refractivity contribution in [1.29, 1.82) is 0 Å². The van der Waals surface area contributed by atoms with Gasteiger partial charge in [-0.05, 0) is 47.7 Å². The lowest BCUT2D eigenvalue weighted by Crippen LogP contribution is -2.23. The zero-order chi connectivity index (χ0) is 21.6. The van der Waals surface area contributed by atoms with Gasteiger partial charge in [-0.1, -0.05) is 24.3 Å². The van der Waals surface area contributed by atoms with Crippen molar-refractivity contribution in [3.8, 4) is 16.9 Å². The van der Waals surface area contributed by atoms with E-state index >= 15 is 0 Å². The number of hydrogen-bond acceptors (Lipinski definition) is 4. The van der Waals surface area contributed by atoms with Crippen molar-refractivity contribution in [3.63, 3.8) is 0 Å². The highest BCUT2D eigenvalue weighted by atomic mass is 16.5. The number of aryl methyl sites for hydroxylation is 2. The van der Waals surface area contributed by atoms with Gasteiger partial charge in [0.1, 0.15) is 5.75 Å². The highest BCUT2D eigenvalue weighted by molar-refractivity contribution is 5.94. The number of carbonyl (C=O) groups excluding carboxylic acids is 2. The van der Waals surface area contributed by atoms with Gasteiger partial charge >= 0.3 is 0 Å². The quantitative estimate of drug-likeness (QED) is 0.549. The monoisotopic (exact) mass is 418 g/mol. The number of benzene rings is 2. The molecule has 0 fully saturated rings. The van der Waals surface area contributed by atoms with E-state index in [1.165, 1.54) is 0 Å².